The summed E-state index contributed by atoms with van der Waals surface area (Å²) >= 11 is 13.3. The van der Waals surface area contributed by atoms with Gasteiger partial charge in [0.05, 0.1) is 40.2 Å². The third-order valence-corrected chi connectivity index (χ3v) is 3.41. The molecule has 2 rings (SSSR count). The molecule has 1 heterocycles. The van der Waals surface area contributed by atoms with E-state index in [-0.39, 0.29) is 6.10 Å². The first-order valence-corrected chi connectivity index (χ1v) is 7.04. The lowest BCUT2D eigenvalue weighted by atomic mass is 10.2. The van der Waals surface area contributed by atoms with Gasteiger partial charge in [-0.15, -0.1) is 0 Å². The van der Waals surface area contributed by atoms with E-state index in [1.807, 2.05) is 13.8 Å². The van der Waals surface area contributed by atoms with Crippen molar-refractivity contribution in [3.05, 3.63) is 16.1 Å². The predicted molar refractivity (Wildman–Crippen MR) is 77.0 cm³/mol. The van der Waals surface area contributed by atoms with Gasteiger partial charge < -0.3 is 10.1 Å². The molecule has 1 aromatic carbocycles. The number of fused-ring (bicyclic) bond motifs is 1. The van der Waals surface area contributed by atoms with Gasteiger partial charge in [-0.2, -0.15) is 8.75 Å². The Morgan fingerprint density at radius 1 is 1.28 bits per heavy atom. The quantitative estimate of drug-likeness (QED) is 0.853. The Morgan fingerprint density at radius 3 is 2.72 bits per heavy atom. The van der Waals surface area contributed by atoms with Gasteiger partial charge in [0.2, 0.25) is 0 Å². The number of benzene rings is 1. The topological polar surface area (TPSA) is 47.0 Å². The second kappa shape index (κ2) is 6.02. The van der Waals surface area contributed by atoms with Gasteiger partial charge in [-0.3, -0.25) is 0 Å². The molecule has 0 amide bonds. The summed E-state index contributed by atoms with van der Waals surface area (Å²) in [6.45, 7) is 5.26. The Bertz CT molecular complexity index is 544. The number of hydrogen-bond acceptors (Lipinski definition) is 5. The van der Waals surface area contributed by atoms with Gasteiger partial charge in [0.25, 0.3) is 0 Å². The van der Waals surface area contributed by atoms with Gasteiger partial charge in [0, 0.05) is 6.54 Å². The highest BCUT2D eigenvalue weighted by molar-refractivity contribution is 7.00. The molecule has 0 atom stereocenters. The van der Waals surface area contributed by atoms with Crippen LogP contribution in [0.4, 0.5) is 5.69 Å². The average molecular weight is 306 g/mol. The number of anilines is 1. The summed E-state index contributed by atoms with van der Waals surface area (Å²) in [5.41, 5.74) is 2.15. The normalized spacial score (nSPS) is 11.4. The fourth-order valence-electron chi connectivity index (χ4n) is 1.51. The minimum atomic E-state index is 0.216. The second-order valence-corrected chi connectivity index (χ2v) is 5.37. The van der Waals surface area contributed by atoms with Crippen molar-refractivity contribution in [2.45, 2.75) is 20.0 Å². The van der Waals surface area contributed by atoms with Crippen LogP contribution < -0.4 is 5.32 Å². The molecule has 4 nitrogen and oxygen atoms in total. The van der Waals surface area contributed by atoms with Gasteiger partial charge in [-0.1, -0.05) is 23.2 Å². The summed E-state index contributed by atoms with van der Waals surface area (Å²) in [5, 5.41) is 4.28. The van der Waals surface area contributed by atoms with Crippen LogP contribution in [0.3, 0.4) is 0 Å². The summed E-state index contributed by atoms with van der Waals surface area (Å²) in [4.78, 5) is 0. The Kier molecular flexibility index (Phi) is 4.61. The molecule has 2 aromatic rings. The molecule has 0 saturated heterocycles. The zero-order valence-electron chi connectivity index (χ0n) is 10.0. The number of nitrogens with zero attached hydrogens (tertiary/aromatic N) is 2. The molecule has 0 aliphatic rings. The van der Waals surface area contributed by atoms with Crippen LogP contribution in [0.1, 0.15) is 13.8 Å². The van der Waals surface area contributed by atoms with Crippen molar-refractivity contribution in [3.8, 4) is 0 Å². The first kappa shape index (κ1) is 13.8. The molecule has 0 unspecified atom stereocenters. The van der Waals surface area contributed by atoms with E-state index in [2.05, 4.69) is 14.1 Å². The monoisotopic (exact) mass is 305 g/mol. The van der Waals surface area contributed by atoms with E-state index in [9.17, 15) is 0 Å². The van der Waals surface area contributed by atoms with Crippen molar-refractivity contribution in [1.82, 2.24) is 8.75 Å². The van der Waals surface area contributed by atoms with Crippen LogP contribution in [0, 0.1) is 0 Å². The highest BCUT2D eigenvalue weighted by atomic mass is 35.5. The Morgan fingerprint density at radius 2 is 2.00 bits per heavy atom. The number of nitrogens with one attached hydrogen (secondary N) is 1. The maximum atomic E-state index is 6.16. The van der Waals surface area contributed by atoms with E-state index in [0.717, 1.165) is 17.4 Å². The third-order valence-electron chi connectivity index (χ3n) is 2.30. The lowest BCUT2D eigenvalue weighted by Gasteiger charge is -2.11. The van der Waals surface area contributed by atoms with Crippen LogP contribution >= 0.6 is 34.9 Å². The van der Waals surface area contributed by atoms with E-state index in [1.165, 1.54) is 0 Å². The van der Waals surface area contributed by atoms with Crippen molar-refractivity contribution in [2.24, 2.45) is 0 Å². The molecule has 0 aliphatic heterocycles. The largest absolute Gasteiger partial charge is 0.380 e. The molecule has 0 spiro atoms. The van der Waals surface area contributed by atoms with Gasteiger partial charge in [0.1, 0.15) is 11.0 Å². The summed E-state index contributed by atoms with van der Waals surface area (Å²) in [7, 11) is 0. The number of halogens is 2. The molecule has 1 aromatic heterocycles. The Labute approximate surface area is 120 Å². The highest BCUT2D eigenvalue weighted by Gasteiger charge is 2.13. The molecule has 0 saturated carbocycles. The summed E-state index contributed by atoms with van der Waals surface area (Å²) in [6.07, 6.45) is 0.216. The van der Waals surface area contributed by atoms with Crippen molar-refractivity contribution < 1.29 is 4.74 Å². The molecular weight excluding hydrogens is 293 g/mol. The molecule has 7 heteroatoms. The predicted octanol–water partition coefficient (Wildman–Crippen LogP) is 3.84. The summed E-state index contributed by atoms with van der Waals surface area (Å²) in [5.74, 6) is 0. The van der Waals surface area contributed by atoms with Crippen LogP contribution in [-0.2, 0) is 4.74 Å². The van der Waals surface area contributed by atoms with E-state index in [1.54, 1.807) is 6.07 Å². The van der Waals surface area contributed by atoms with E-state index in [0.29, 0.717) is 34.2 Å². The van der Waals surface area contributed by atoms with E-state index in [4.69, 9.17) is 27.9 Å². The van der Waals surface area contributed by atoms with Gasteiger partial charge >= 0.3 is 0 Å². The number of ether oxygens (including phenoxy) is 1. The summed E-state index contributed by atoms with van der Waals surface area (Å²) < 4.78 is 13.8. The zero-order valence-corrected chi connectivity index (χ0v) is 12.4. The van der Waals surface area contributed by atoms with Crippen molar-refractivity contribution in [3.63, 3.8) is 0 Å². The van der Waals surface area contributed by atoms with Crippen molar-refractivity contribution in [2.75, 3.05) is 18.5 Å². The van der Waals surface area contributed by atoms with E-state index < -0.39 is 0 Å². The first-order chi connectivity index (χ1) is 8.59. The SMILES string of the molecule is CC(C)OCCNc1c(Cl)cc(Cl)c2nsnc12. The van der Waals surface area contributed by atoms with Crippen molar-refractivity contribution in [1.29, 1.82) is 0 Å². The van der Waals surface area contributed by atoms with Gasteiger partial charge in [-0.05, 0) is 19.9 Å². The molecule has 0 fully saturated rings. The van der Waals surface area contributed by atoms with Crippen LogP contribution in [0.2, 0.25) is 10.0 Å². The fourth-order valence-corrected chi connectivity index (χ4v) is 2.69. The minimum Gasteiger partial charge on any atom is -0.380 e. The average Bonchev–Trinajstić information content (AvgIpc) is 2.76. The molecular formula is C11H13Cl2N3OS. The first-order valence-electron chi connectivity index (χ1n) is 5.55. The second-order valence-electron chi connectivity index (χ2n) is 4.02. The van der Waals surface area contributed by atoms with Crippen molar-refractivity contribution >= 4 is 51.7 Å². The lowest BCUT2D eigenvalue weighted by Crippen LogP contribution is -2.13. The van der Waals surface area contributed by atoms with Crippen LogP contribution in [-0.4, -0.2) is 28.0 Å². The lowest BCUT2D eigenvalue weighted by molar-refractivity contribution is 0.0871. The zero-order chi connectivity index (χ0) is 13.1. The van der Waals surface area contributed by atoms with Crippen LogP contribution in [0.5, 0.6) is 0 Å². The number of aromatic nitrogens is 2. The third kappa shape index (κ3) is 3.03. The Hall–Kier alpha value is -0.620. The maximum Gasteiger partial charge on any atom is 0.130 e. The van der Waals surface area contributed by atoms with Gasteiger partial charge in [0.15, 0.2) is 0 Å². The smallest absolute Gasteiger partial charge is 0.130 e. The van der Waals surface area contributed by atoms with Crippen LogP contribution in [0.15, 0.2) is 6.07 Å². The summed E-state index contributed by atoms with van der Waals surface area (Å²) in [6, 6.07) is 1.68. The Balaban J connectivity index is 2.15. The standard InChI is InChI=1S/C11H13Cl2N3OS/c1-6(2)17-4-3-14-9-7(12)5-8(13)10-11(9)16-18-15-10/h5-6,14H,3-4H2,1-2H3. The molecule has 18 heavy (non-hydrogen) atoms. The minimum absolute atomic E-state index is 0.216. The number of hydrogen-bond donors (Lipinski definition) is 1. The van der Waals surface area contributed by atoms with E-state index >= 15 is 0 Å². The maximum absolute atomic E-state index is 6.16. The molecule has 0 radical (unpaired) electrons. The fraction of sp³-hybridized carbons (Fsp3) is 0.455. The number of rotatable bonds is 5. The molecule has 0 aliphatic carbocycles. The van der Waals surface area contributed by atoms with Gasteiger partial charge in [-0.25, -0.2) is 0 Å². The molecule has 1 N–H and O–H groups in total. The molecule has 98 valence electrons. The molecule has 0 bridgehead atoms. The highest BCUT2D eigenvalue weighted by Crippen LogP contribution is 2.34. The van der Waals surface area contributed by atoms with Crippen LogP contribution in [0.25, 0.3) is 11.0 Å².